The molecule has 0 fully saturated rings. The molecule has 0 saturated heterocycles. The van der Waals surface area contributed by atoms with Gasteiger partial charge in [-0.3, -0.25) is 20.2 Å². The van der Waals surface area contributed by atoms with Crippen LogP contribution in [0.5, 0.6) is 0 Å². The van der Waals surface area contributed by atoms with Gasteiger partial charge in [0.1, 0.15) is 5.69 Å². The van der Waals surface area contributed by atoms with E-state index in [9.17, 15) is 14.9 Å². The van der Waals surface area contributed by atoms with E-state index in [0.717, 1.165) is 3.57 Å². The quantitative estimate of drug-likeness (QED) is 0.313. The monoisotopic (exact) mass is 461 g/mol. The largest absolute Gasteiger partial charge is 0.327 e. The van der Waals surface area contributed by atoms with Crippen LogP contribution < -0.4 is 10.6 Å². The molecule has 0 saturated carbocycles. The van der Waals surface area contributed by atoms with Crippen molar-refractivity contribution in [1.29, 1.82) is 0 Å². The van der Waals surface area contributed by atoms with Crippen molar-refractivity contribution < 1.29 is 9.72 Å². The second kappa shape index (κ2) is 7.66. The molecule has 0 unspecified atom stereocenters. The van der Waals surface area contributed by atoms with Gasteiger partial charge in [0.05, 0.1) is 15.5 Å². The van der Waals surface area contributed by atoms with E-state index in [4.69, 9.17) is 23.8 Å². The Bertz CT molecular complexity index is 801. The van der Waals surface area contributed by atoms with Gasteiger partial charge in [0.15, 0.2) is 5.11 Å². The first-order valence-electron chi connectivity index (χ1n) is 6.19. The van der Waals surface area contributed by atoms with Crippen LogP contribution >= 0.6 is 46.4 Å². The third kappa shape index (κ3) is 4.60. The molecule has 6 nitrogen and oxygen atoms in total. The highest BCUT2D eigenvalue weighted by Crippen LogP contribution is 2.23. The molecule has 118 valence electrons. The number of nitro groups is 1. The minimum absolute atomic E-state index is 0.0563. The zero-order valence-electron chi connectivity index (χ0n) is 11.4. The van der Waals surface area contributed by atoms with E-state index in [1.807, 2.05) is 0 Å². The molecule has 2 rings (SSSR count). The Labute approximate surface area is 155 Å². The third-order valence-corrected chi connectivity index (χ3v) is 3.95. The molecular weight excluding hydrogens is 453 g/mol. The second-order valence-corrected chi connectivity index (χ2v) is 6.37. The van der Waals surface area contributed by atoms with Crippen LogP contribution in [0, 0.1) is 13.7 Å². The Kier molecular flexibility index (Phi) is 5.85. The van der Waals surface area contributed by atoms with Crippen molar-refractivity contribution in [2.75, 3.05) is 5.32 Å². The fraction of sp³-hybridized carbons (Fsp3) is 0. The normalized spacial score (nSPS) is 10.0. The van der Waals surface area contributed by atoms with E-state index >= 15 is 0 Å². The van der Waals surface area contributed by atoms with E-state index in [0.29, 0.717) is 0 Å². The number of thiocarbonyl (C=S) groups is 1. The number of hydrogen-bond donors (Lipinski definition) is 2. The first kappa shape index (κ1) is 17.6. The van der Waals surface area contributed by atoms with Crippen LogP contribution in [0.4, 0.5) is 11.4 Å². The minimum atomic E-state index is -0.538. The number of carbonyl (C=O) groups excluding carboxylic acids is 1. The number of halogens is 2. The molecule has 2 aromatic rings. The molecule has 2 aromatic carbocycles. The summed E-state index contributed by atoms with van der Waals surface area (Å²) in [6, 6.07) is 11.0. The van der Waals surface area contributed by atoms with Crippen LogP contribution in [0.3, 0.4) is 0 Å². The van der Waals surface area contributed by atoms with Crippen molar-refractivity contribution in [2.24, 2.45) is 0 Å². The fourth-order valence-electron chi connectivity index (χ4n) is 1.73. The van der Waals surface area contributed by atoms with Crippen molar-refractivity contribution in [3.8, 4) is 0 Å². The first-order chi connectivity index (χ1) is 10.9. The third-order valence-electron chi connectivity index (χ3n) is 2.75. The summed E-state index contributed by atoms with van der Waals surface area (Å²) in [6.07, 6.45) is 0. The zero-order chi connectivity index (χ0) is 17.0. The molecule has 0 aliphatic carbocycles. The number of amides is 1. The maximum Gasteiger partial charge on any atom is 0.292 e. The van der Waals surface area contributed by atoms with E-state index in [2.05, 4.69) is 33.2 Å². The summed E-state index contributed by atoms with van der Waals surface area (Å²) in [5.74, 6) is -0.496. The summed E-state index contributed by atoms with van der Waals surface area (Å²) in [4.78, 5) is 22.6. The SMILES string of the molecule is O=C(NC(=S)Nc1ccccc1[N+](=O)[O-])c1cc(I)ccc1Cl. The molecule has 0 aliphatic rings. The Hall–Kier alpha value is -1.78. The maximum atomic E-state index is 12.2. The summed E-state index contributed by atoms with van der Waals surface area (Å²) in [7, 11) is 0. The van der Waals surface area contributed by atoms with Crippen LogP contribution in [0.15, 0.2) is 42.5 Å². The van der Waals surface area contributed by atoms with Crippen LogP contribution in [-0.4, -0.2) is 15.9 Å². The molecule has 1 amide bonds. The molecule has 0 radical (unpaired) electrons. The minimum Gasteiger partial charge on any atom is -0.327 e. The maximum absolute atomic E-state index is 12.2. The van der Waals surface area contributed by atoms with Crippen molar-refractivity contribution >= 4 is 68.8 Å². The number of carbonyl (C=O) groups is 1. The molecule has 0 aromatic heterocycles. The van der Waals surface area contributed by atoms with Gasteiger partial charge in [-0.05, 0) is 59.1 Å². The first-order valence-corrected chi connectivity index (χ1v) is 8.06. The predicted octanol–water partition coefficient (Wildman–Crippen LogP) is 3.98. The number of nitro benzene ring substituents is 1. The van der Waals surface area contributed by atoms with Crippen molar-refractivity contribution in [3.05, 3.63) is 66.7 Å². The number of para-hydroxylation sites is 2. The Balaban J connectivity index is 2.12. The van der Waals surface area contributed by atoms with Gasteiger partial charge in [0.25, 0.3) is 11.6 Å². The summed E-state index contributed by atoms with van der Waals surface area (Å²) in [5, 5.41) is 16.3. The lowest BCUT2D eigenvalue weighted by molar-refractivity contribution is -0.383. The Morgan fingerprint density at radius 1 is 1.26 bits per heavy atom. The molecule has 0 atom stereocenters. The van der Waals surface area contributed by atoms with Gasteiger partial charge in [-0.25, -0.2) is 0 Å². The van der Waals surface area contributed by atoms with Crippen LogP contribution in [-0.2, 0) is 0 Å². The van der Waals surface area contributed by atoms with Gasteiger partial charge < -0.3 is 5.32 Å². The average molecular weight is 462 g/mol. The zero-order valence-corrected chi connectivity index (χ0v) is 15.1. The van der Waals surface area contributed by atoms with E-state index in [1.165, 1.54) is 18.2 Å². The summed E-state index contributed by atoms with van der Waals surface area (Å²) in [5.41, 5.74) is 0.318. The number of hydrogen-bond acceptors (Lipinski definition) is 4. The van der Waals surface area contributed by atoms with Crippen LogP contribution in [0.2, 0.25) is 5.02 Å². The standard InChI is InChI=1S/C14H9ClIN3O3S/c15-10-6-5-8(16)7-9(10)13(20)18-14(23)17-11-3-1-2-4-12(11)19(21)22/h1-7H,(H2,17,18,20,23). The number of anilines is 1. The lowest BCUT2D eigenvalue weighted by Gasteiger charge is -2.10. The van der Waals surface area contributed by atoms with Crippen LogP contribution in [0.1, 0.15) is 10.4 Å². The molecule has 2 N–H and O–H groups in total. The predicted molar refractivity (Wildman–Crippen MR) is 101 cm³/mol. The van der Waals surface area contributed by atoms with Gasteiger partial charge >= 0.3 is 0 Å². The molecule has 0 aliphatic heterocycles. The molecule has 9 heteroatoms. The molecule has 23 heavy (non-hydrogen) atoms. The highest BCUT2D eigenvalue weighted by atomic mass is 127. The van der Waals surface area contributed by atoms with Gasteiger partial charge in [-0.15, -0.1) is 0 Å². The smallest absolute Gasteiger partial charge is 0.292 e. The average Bonchev–Trinajstić information content (AvgIpc) is 2.49. The lowest BCUT2D eigenvalue weighted by atomic mass is 10.2. The van der Waals surface area contributed by atoms with E-state index in [1.54, 1.807) is 24.3 Å². The summed E-state index contributed by atoms with van der Waals surface area (Å²) >= 11 is 13.1. The van der Waals surface area contributed by atoms with Crippen molar-refractivity contribution in [3.63, 3.8) is 0 Å². The van der Waals surface area contributed by atoms with E-state index in [-0.39, 0.29) is 27.1 Å². The van der Waals surface area contributed by atoms with Gasteiger partial charge in [0, 0.05) is 9.64 Å². The Morgan fingerprint density at radius 2 is 1.96 bits per heavy atom. The van der Waals surface area contributed by atoms with E-state index < -0.39 is 10.8 Å². The van der Waals surface area contributed by atoms with Gasteiger partial charge in [-0.2, -0.15) is 0 Å². The molecule has 0 spiro atoms. The Morgan fingerprint density at radius 3 is 2.65 bits per heavy atom. The highest BCUT2D eigenvalue weighted by molar-refractivity contribution is 14.1. The fourth-order valence-corrected chi connectivity index (χ4v) is 2.63. The number of nitrogens with one attached hydrogen (secondary N) is 2. The number of rotatable bonds is 3. The van der Waals surface area contributed by atoms with Crippen LogP contribution in [0.25, 0.3) is 0 Å². The van der Waals surface area contributed by atoms with Gasteiger partial charge in [-0.1, -0.05) is 23.7 Å². The number of nitrogens with zero attached hydrogens (tertiary/aromatic N) is 1. The highest BCUT2D eigenvalue weighted by Gasteiger charge is 2.16. The number of benzene rings is 2. The lowest BCUT2D eigenvalue weighted by Crippen LogP contribution is -2.34. The van der Waals surface area contributed by atoms with Crippen molar-refractivity contribution in [1.82, 2.24) is 5.32 Å². The van der Waals surface area contributed by atoms with Gasteiger partial charge in [0.2, 0.25) is 0 Å². The summed E-state index contributed by atoms with van der Waals surface area (Å²) in [6.45, 7) is 0. The molecular formula is C14H9ClIN3O3S. The van der Waals surface area contributed by atoms with Crippen molar-refractivity contribution in [2.45, 2.75) is 0 Å². The summed E-state index contributed by atoms with van der Waals surface area (Å²) < 4.78 is 0.842. The second-order valence-electron chi connectivity index (χ2n) is 4.31. The topological polar surface area (TPSA) is 84.3 Å². The molecule has 0 bridgehead atoms. The molecule has 0 heterocycles.